The zero-order valence-electron chi connectivity index (χ0n) is 22.6. The van der Waals surface area contributed by atoms with Gasteiger partial charge in [-0.25, -0.2) is 0 Å². The summed E-state index contributed by atoms with van der Waals surface area (Å²) >= 11 is 0. The number of hydrogen-bond acceptors (Lipinski definition) is 8. The van der Waals surface area contributed by atoms with E-state index in [0.29, 0.717) is 18.4 Å². The van der Waals surface area contributed by atoms with Crippen LogP contribution >= 0.6 is 0 Å². The van der Waals surface area contributed by atoms with Crippen LogP contribution in [0.1, 0.15) is 81.0 Å². The van der Waals surface area contributed by atoms with Crippen molar-refractivity contribution in [2.45, 2.75) is 78.4 Å². The molecule has 0 aromatic heterocycles. The highest BCUT2D eigenvalue weighted by molar-refractivity contribution is 6.22. The fourth-order valence-corrected chi connectivity index (χ4v) is 5.17. The van der Waals surface area contributed by atoms with Gasteiger partial charge in [0.25, 0.3) is 11.8 Å². The van der Waals surface area contributed by atoms with E-state index in [1.165, 1.54) is 14.2 Å². The summed E-state index contributed by atoms with van der Waals surface area (Å²) in [5.74, 6) is -2.70. The normalized spacial score (nSPS) is 18.8. The monoisotopic (exact) mass is 512 g/mol. The second-order valence-electron chi connectivity index (χ2n) is 9.87. The smallest absolute Gasteiger partial charge is 0.329 e. The number of benzene rings is 1. The highest BCUT2D eigenvalue weighted by Crippen LogP contribution is 2.50. The van der Waals surface area contributed by atoms with Gasteiger partial charge in [-0.1, -0.05) is 30.7 Å². The Morgan fingerprint density at radius 3 is 1.97 bits per heavy atom. The van der Waals surface area contributed by atoms with Gasteiger partial charge in [0.1, 0.15) is 0 Å². The summed E-state index contributed by atoms with van der Waals surface area (Å²) in [7, 11) is 2.36. The fraction of sp³-hybridized carbons (Fsp3) is 0.556. The standard InChI is InChI=1S/C27H36N4O6/c1-8-9-12-20-21(30-23(32)18-13-10-11-14-19(18)24(30)33)15-27(25(34)36-6,26(35)37-7)22(20)28-29-31(16(2)3)17(4)5/h10-11,13-14,16-17,21H,8-9,12,15H2,1-7H3. The zero-order chi connectivity index (χ0) is 27.5. The first kappa shape index (κ1) is 28.0. The number of imide groups is 1. The summed E-state index contributed by atoms with van der Waals surface area (Å²) in [4.78, 5) is 54.7. The first-order valence-electron chi connectivity index (χ1n) is 12.6. The van der Waals surface area contributed by atoms with Gasteiger partial charge in [0.15, 0.2) is 0 Å². The number of carbonyl (C=O) groups excluding carboxylic acids is 4. The van der Waals surface area contributed by atoms with Crippen molar-refractivity contribution < 1.29 is 28.7 Å². The predicted molar refractivity (Wildman–Crippen MR) is 135 cm³/mol. The van der Waals surface area contributed by atoms with Crippen LogP contribution in [0.25, 0.3) is 0 Å². The molecule has 1 atom stereocenters. The molecule has 1 unspecified atom stereocenters. The van der Waals surface area contributed by atoms with Gasteiger partial charge in [-0.2, -0.15) is 0 Å². The van der Waals surface area contributed by atoms with Crippen LogP contribution in [0.15, 0.2) is 45.9 Å². The first-order valence-corrected chi connectivity index (χ1v) is 12.6. The second kappa shape index (κ2) is 11.2. The maximum atomic E-state index is 13.4. The topological polar surface area (TPSA) is 118 Å². The first-order chi connectivity index (χ1) is 17.6. The van der Waals surface area contributed by atoms with E-state index in [1.807, 2.05) is 34.6 Å². The third-order valence-corrected chi connectivity index (χ3v) is 6.92. The average molecular weight is 513 g/mol. The Labute approximate surface area is 217 Å². The Balaban J connectivity index is 2.27. The van der Waals surface area contributed by atoms with Crippen LogP contribution in [0.3, 0.4) is 0 Å². The number of amides is 2. The Morgan fingerprint density at radius 1 is 1.03 bits per heavy atom. The molecule has 10 nitrogen and oxygen atoms in total. The van der Waals surface area contributed by atoms with Crippen molar-refractivity contribution >= 4 is 23.8 Å². The van der Waals surface area contributed by atoms with Crippen molar-refractivity contribution in [2.75, 3.05) is 14.2 Å². The number of esters is 2. The molecule has 10 heteroatoms. The van der Waals surface area contributed by atoms with Crippen LogP contribution < -0.4 is 0 Å². The fourth-order valence-electron chi connectivity index (χ4n) is 5.17. The molecule has 0 bridgehead atoms. The van der Waals surface area contributed by atoms with Gasteiger partial charge in [-0.3, -0.25) is 29.1 Å². The molecule has 1 aromatic carbocycles. The molecule has 2 aliphatic rings. The van der Waals surface area contributed by atoms with Crippen molar-refractivity contribution in [1.82, 2.24) is 9.91 Å². The van der Waals surface area contributed by atoms with E-state index in [9.17, 15) is 19.2 Å². The minimum absolute atomic E-state index is 0.0115. The minimum Gasteiger partial charge on any atom is -0.468 e. The third-order valence-electron chi connectivity index (χ3n) is 6.92. The van der Waals surface area contributed by atoms with Crippen molar-refractivity contribution in [1.29, 1.82) is 0 Å². The summed E-state index contributed by atoms with van der Waals surface area (Å²) < 4.78 is 10.2. The molecule has 0 fully saturated rings. The number of hydrogen-bond donors (Lipinski definition) is 0. The molecule has 1 aromatic rings. The molecule has 0 saturated carbocycles. The number of ether oxygens (including phenoxy) is 2. The molecule has 200 valence electrons. The number of fused-ring (bicyclic) bond motifs is 1. The number of methoxy groups -OCH3 is 2. The average Bonchev–Trinajstić information content (AvgIpc) is 3.33. The lowest BCUT2D eigenvalue weighted by atomic mass is 9.84. The van der Waals surface area contributed by atoms with E-state index in [0.717, 1.165) is 11.3 Å². The van der Waals surface area contributed by atoms with E-state index < -0.39 is 35.2 Å². The van der Waals surface area contributed by atoms with Crippen LogP contribution in [0.5, 0.6) is 0 Å². The summed E-state index contributed by atoms with van der Waals surface area (Å²) in [6.45, 7) is 9.82. The quantitative estimate of drug-likeness (QED) is 0.151. The van der Waals surface area contributed by atoms with Crippen LogP contribution in [-0.2, 0) is 19.1 Å². The van der Waals surface area contributed by atoms with E-state index in [2.05, 4.69) is 10.3 Å². The Kier molecular flexibility index (Phi) is 8.50. The van der Waals surface area contributed by atoms with E-state index in [1.54, 1.807) is 29.3 Å². The number of carbonyl (C=O) groups is 4. The van der Waals surface area contributed by atoms with Crippen molar-refractivity contribution in [3.8, 4) is 0 Å². The molecule has 0 N–H and O–H groups in total. The Hall–Kier alpha value is -3.56. The van der Waals surface area contributed by atoms with Crippen molar-refractivity contribution in [2.24, 2.45) is 15.8 Å². The van der Waals surface area contributed by atoms with Gasteiger partial charge in [0, 0.05) is 18.5 Å². The summed E-state index contributed by atoms with van der Waals surface area (Å²) in [6.07, 6.45) is 1.66. The minimum atomic E-state index is -1.98. The molecule has 0 radical (unpaired) electrons. The van der Waals surface area contributed by atoms with Crippen LogP contribution in [-0.4, -0.2) is 66.0 Å². The largest absolute Gasteiger partial charge is 0.468 e. The van der Waals surface area contributed by atoms with Crippen LogP contribution in [0, 0.1) is 5.41 Å². The maximum absolute atomic E-state index is 13.4. The van der Waals surface area contributed by atoms with Crippen molar-refractivity contribution in [3.63, 3.8) is 0 Å². The predicted octanol–water partition coefficient (Wildman–Crippen LogP) is 4.32. The molecule has 0 saturated heterocycles. The van der Waals surface area contributed by atoms with Gasteiger partial charge in [0.2, 0.25) is 5.41 Å². The number of rotatable bonds is 10. The van der Waals surface area contributed by atoms with E-state index in [-0.39, 0.29) is 35.3 Å². The molecule has 1 heterocycles. The van der Waals surface area contributed by atoms with Gasteiger partial charge >= 0.3 is 11.9 Å². The van der Waals surface area contributed by atoms with Crippen LogP contribution in [0.2, 0.25) is 0 Å². The highest BCUT2D eigenvalue weighted by atomic mass is 16.5. The summed E-state index contributed by atoms with van der Waals surface area (Å²) in [5, 5.41) is 10.7. The maximum Gasteiger partial charge on any atom is 0.329 e. The Bertz CT molecular complexity index is 1080. The molecule has 2 amide bonds. The Morgan fingerprint density at radius 2 is 1.54 bits per heavy atom. The van der Waals surface area contributed by atoms with Crippen LogP contribution in [0.4, 0.5) is 0 Å². The van der Waals surface area contributed by atoms with Gasteiger partial charge in [-0.15, -0.1) is 5.11 Å². The van der Waals surface area contributed by atoms with Gasteiger partial charge < -0.3 is 9.47 Å². The summed E-state index contributed by atoms with van der Waals surface area (Å²) in [6, 6.07) is 5.65. The molecule has 37 heavy (non-hydrogen) atoms. The second-order valence-corrected chi connectivity index (χ2v) is 9.87. The molecule has 1 aliphatic carbocycles. The molecular weight excluding hydrogens is 476 g/mol. The van der Waals surface area contributed by atoms with Crippen molar-refractivity contribution in [3.05, 3.63) is 46.7 Å². The van der Waals surface area contributed by atoms with E-state index in [4.69, 9.17) is 9.47 Å². The molecule has 3 rings (SSSR count). The molecule has 1 aliphatic heterocycles. The lowest BCUT2D eigenvalue weighted by molar-refractivity contribution is -0.166. The lowest BCUT2D eigenvalue weighted by Crippen LogP contribution is -2.45. The van der Waals surface area contributed by atoms with E-state index >= 15 is 0 Å². The highest BCUT2D eigenvalue weighted by Gasteiger charge is 2.62. The summed E-state index contributed by atoms with van der Waals surface area (Å²) in [5.41, 5.74) is -0.804. The zero-order valence-corrected chi connectivity index (χ0v) is 22.6. The van der Waals surface area contributed by atoms with Gasteiger partial charge in [0.05, 0.1) is 37.1 Å². The number of nitrogens with zero attached hydrogens (tertiary/aromatic N) is 4. The third kappa shape index (κ3) is 4.76. The SMILES string of the molecule is CCCCC1=C(N=NN(C(C)C)C(C)C)C(C(=O)OC)(C(=O)OC)CC1N1C(=O)c2ccccc2C1=O. The molecule has 0 spiro atoms. The lowest BCUT2D eigenvalue weighted by Gasteiger charge is -2.28. The number of unbranched alkanes of at least 4 members (excludes halogenated alkanes) is 1. The molecular formula is C27H36N4O6. The van der Waals surface area contributed by atoms with Gasteiger partial charge in [-0.05, 0) is 58.2 Å².